The van der Waals surface area contributed by atoms with Crippen LogP contribution in [0.2, 0.25) is 0 Å². The van der Waals surface area contributed by atoms with Gasteiger partial charge in [0.15, 0.2) is 36.3 Å². The quantitative estimate of drug-likeness (QED) is 0.0180. The molecule has 0 saturated carbocycles. The van der Waals surface area contributed by atoms with Crippen LogP contribution in [-0.4, -0.2) is 69.2 Å². The van der Waals surface area contributed by atoms with Crippen molar-refractivity contribution in [3.8, 4) is 11.5 Å². The van der Waals surface area contributed by atoms with Gasteiger partial charge < -0.3 is 18.6 Å². The zero-order chi connectivity index (χ0) is 75.6. The van der Waals surface area contributed by atoms with Gasteiger partial charge in [-0.15, -0.1) is 0 Å². The van der Waals surface area contributed by atoms with Gasteiger partial charge in [-0.25, -0.2) is 0 Å². The Morgan fingerprint density at radius 3 is 1.31 bits per heavy atom. The van der Waals surface area contributed by atoms with Gasteiger partial charge in [-0.3, -0.25) is 19.2 Å². The Labute approximate surface area is 607 Å². The number of fused-ring (bicyclic) bond motifs is 10. The van der Waals surface area contributed by atoms with E-state index in [0.717, 1.165) is 131 Å². The van der Waals surface area contributed by atoms with E-state index in [2.05, 4.69) is 43.4 Å². The van der Waals surface area contributed by atoms with E-state index < -0.39 is 71.1 Å². The molecule has 2 aromatic heterocycles. The van der Waals surface area contributed by atoms with Crippen LogP contribution < -0.4 is 9.47 Å². The van der Waals surface area contributed by atoms with Crippen LogP contribution in [0.15, 0.2) is 193 Å². The molecule has 2 atom stereocenters. The molecule has 0 aliphatic heterocycles. The minimum atomic E-state index is -6.83. The number of nitrogens with zero attached hydrogens (tertiary/aromatic N) is 2. The van der Waals surface area contributed by atoms with Gasteiger partial charge in [-0.1, -0.05) is 188 Å². The monoisotopic (exact) mass is 1430 g/mol. The maximum atomic E-state index is 16.1. The highest BCUT2D eigenvalue weighted by molar-refractivity contribution is 6.29. The fraction of sp³-hybridized carbons (Fsp3) is 0.326. The molecule has 0 aliphatic rings. The standard InChI is InChI=1S/C89H88F8N2O6/c1-12-17-28-59(15-4)49-98-75-40-38-61(45-69(75)71-47-73(63-30-19-21-32-65(63)80(71)98)82(100)58(11)55(8)42-53(6)27-14-3)83(101)67-34-23-25-36-77(67)104-51-86(90,91)88(94,95)89(96,97)87(92,93)52-105-78-37-26-24-35-68(78)84(102)62-39-41-76-70(46-62)72-48-74(85(103)79-56(9)43-54(7)44-57(79)10)64-31-20-22-33-66(64)81(72)99(76)50-60(16-5)29-18-13-2/h19-27,30-48,59-60H,11-18,28-29,49-52H2,1-10H3/b53-27-,55-42-. The molecule has 546 valence electrons. The molecule has 0 fully saturated rings. The van der Waals surface area contributed by atoms with Crippen molar-refractivity contribution < 1.29 is 63.8 Å². The second kappa shape index (κ2) is 31.0. The van der Waals surface area contributed by atoms with Gasteiger partial charge >= 0.3 is 23.7 Å². The van der Waals surface area contributed by atoms with Crippen LogP contribution in [0.5, 0.6) is 11.5 Å². The number of aromatic nitrogens is 2. The van der Waals surface area contributed by atoms with Gasteiger partial charge in [0, 0.05) is 89.8 Å². The highest BCUT2D eigenvalue weighted by Crippen LogP contribution is 2.53. The van der Waals surface area contributed by atoms with Gasteiger partial charge in [-0.05, 0) is 166 Å². The summed E-state index contributed by atoms with van der Waals surface area (Å²) < 4.78 is 143. The minimum Gasteiger partial charge on any atom is -0.486 e. The molecule has 105 heavy (non-hydrogen) atoms. The van der Waals surface area contributed by atoms with E-state index in [1.807, 2.05) is 120 Å². The summed E-state index contributed by atoms with van der Waals surface area (Å²) >= 11 is 0. The topological polar surface area (TPSA) is 96.6 Å². The van der Waals surface area contributed by atoms with Crippen LogP contribution in [0.3, 0.4) is 0 Å². The summed E-state index contributed by atoms with van der Waals surface area (Å²) in [5.74, 6) is -28.9. The number of benzene rings is 9. The minimum absolute atomic E-state index is 0.00896. The van der Waals surface area contributed by atoms with Crippen LogP contribution in [0.1, 0.15) is 181 Å². The molecule has 0 aliphatic carbocycles. The van der Waals surface area contributed by atoms with Gasteiger partial charge in [0.25, 0.3) is 0 Å². The first-order valence-corrected chi connectivity index (χ1v) is 36.3. The predicted octanol–water partition coefficient (Wildman–Crippen LogP) is 24.3. The zero-order valence-corrected chi connectivity index (χ0v) is 61.1. The maximum absolute atomic E-state index is 16.1. The van der Waals surface area contributed by atoms with Crippen molar-refractivity contribution in [1.29, 1.82) is 0 Å². The molecule has 0 amide bonds. The van der Waals surface area contributed by atoms with Gasteiger partial charge in [-0.2, -0.15) is 35.1 Å². The number of carbonyl (C=O) groups is 4. The van der Waals surface area contributed by atoms with E-state index in [-0.39, 0.29) is 40.1 Å². The van der Waals surface area contributed by atoms with Crippen LogP contribution in [0, 0.1) is 32.6 Å². The molecule has 2 heterocycles. The predicted molar refractivity (Wildman–Crippen MR) is 406 cm³/mol. The number of para-hydroxylation sites is 2. The number of allylic oxidation sites excluding steroid dienone is 5. The van der Waals surface area contributed by atoms with E-state index in [9.17, 15) is 19.2 Å². The number of hydrogen-bond acceptors (Lipinski definition) is 6. The highest BCUT2D eigenvalue weighted by atomic mass is 19.4. The molecule has 0 N–H and O–H groups in total. The number of alkyl halides is 8. The molecule has 8 nitrogen and oxygen atoms in total. The Balaban J connectivity index is 0.870. The molecular formula is C89H88F8N2O6. The first-order valence-electron chi connectivity index (χ1n) is 36.3. The normalized spacial score (nSPS) is 13.4. The van der Waals surface area contributed by atoms with Crippen LogP contribution in [0.4, 0.5) is 35.1 Å². The van der Waals surface area contributed by atoms with Crippen LogP contribution >= 0.6 is 0 Å². The number of hydrogen-bond donors (Lipinski definition) is 0. The SMILES string of the molecule is C=C(C(=O)c1cc2c3cc(C(=O)c4ccccc4OCC(F)(F)C(F)(F)C(F)(F)C(F)(F)COc4ccccc4C(=O)c4ccc5c(c4)c4cc(C(=O)c6c(C)cc(C)cc6C)c6ccccc6c4n5CC(CC)CCCC)ccc3n(CC(CC)CCCC)c2c2ccccc12)/C(C)=C\C(C)=C/CC. The van der Waals surface area contributed by atoms with Gasteiger partial charge in [0.1, 0.15) is 11.5 Å². The lowest BCUT2D eigenvalue weighted by Crippen LogP contribution is -2.65. The highest BCUT2D eigenvalue weighted by Gasteiger charge is 2.81. The van der Waals surface area contributed by atoms with Crippen molar-refractivity contribution in [3.63, 3.8) is 0 Å². The van der Waals surface area contributed by atoms with Gasteiger partial charge in [0.05, 0.1) is 22.2 Å². The Bertz CT molecular complexity index is 5260. The van der Waals surface area contributed by atoms with E-state index in [0.29, 0.717) is 67.8 Å². The van der Waals surface area contributed by atoms with E-state index in [1.165, 1.54) is 42.5 Å². The third kappa shape index (κ3) is 14.5. The van der Waals surface area contributed by atoms with E-state index >= 15 is 35.1 Å². The molecule has 9 aromatic carbocycles. The van der Waals surface area contributed by atoms with Crippen molar-refractivity contribution in [1.82, 2.24) is 9.13 Å². The second-order valence-electron chi connectivity index (χ2n) is 28.1. The third-order valence-electron chi connectivity index (χ3n) is 20.7. The fourth-order valence-electron chi connectivity index (χ4n) is 15.0. The fourth-order valence-corrected chi connectivity index (χ4v) is 15.0. The second-order valence-corrected chi connectivity index (χ2v) is 28.1. The van der Waals surface area contributed by atoms with E-state index in [1.54, 1.807) is 30.3 Å². The average molecular weight is 1430 g/mol. The molecule has 0 spiro atoms. The number of halogens is 8. The Morgan fingerprint density at radius 1 is 0.476 bits per heavy atom. The first-order chi connectivity index (χ1) is 50.0. The summed E-state index contributed by atoms with van der Waals surface area (Å²) in [5, 5.41) is 5.33. The van der Waals surface area contributed by atoms with Gasteiger partial charge in [0.2, 0.25) is 0 Å². The molecular weight excluding hydrogens is 1340 g/mol. The lowest BCUT2D eigenvalue weighted by Gasteiger charge is -2.36. The number of unbranched alkanes of at least 4 members (excludes halogenated alkanes) is 2. The number of ether oxygens (including phenoxy) is 2. The zero-order valence-electron chi connectivity index (χ0n) is 61.1. The van der Waals surface area contributed by atoms with Crippen molar-refractivity contribution in [3.05, 3.63) is 249 Å². The number of Topliss-reactive ketones (excluding diaryl/α,β-unsaturated/α-hetero) is 1. The van der Waals surface area contributed by atoms with Crippen molar-refractivity contribution in [2.24, 2.45) is 11.8 Å². The number of carbonyl (C=O) groups excluding carboxylic acids is 4. The summed E-state index contributed by atoms with van der Waals surface area (Å²) in [7, 11) is 0. The molecule has 11 aromatic rings. The molecule has 0 radical (unpaired) electrons. The maximum Gasteiger partial charge on any atom is 0.381 e. The number of rotatable bonds is 32. The lowest BCUT2D eigenvalue weighted by molar-refractivity contribution is -0.371. The summed E-state index contributed by atoms with van der Waals surface area (Å²) in [6.07, 6.45) is 12.3. The smallest absolute Gasteiger partial charge is 0.381 e. The molecule has 2 unspecified atom stereocenters. The summed E-state index contributed by atoms with van der Waals surface area (Å²) in [6, 6.07) is 41.8. The Kier molecular flexibility index (Phi) is 22.5. The van der Waals surface area contributed by atoms with Crippen molar-refractivity contribution >= 4 is 88.3 Å². The molecule has 0 saturated heterocycles. The molecule has 0 bridgehead atoms. The molecule has 16 heteroatoms. The number of aryl methyl sites for hydroxylation is 3. The summed E-state index contributed by atoms with van der Waals surface area (Å²) in [4.78, 5) is 59.1. The van der Waals surface area contributed by atoms with Crippen molar-refractivity contribution in [2.45, 2.75) is 164 Å². The lowest BCUT2D eigenvalue weighted by atomic mass is 9.89. The summed E-state index contributed by atoms with van der Waals surface area (Å²) in [6.45, 7) is 20.2. The van der Waals surface area contributed by atoms with Crippen LogP contribution in [0.25, 0.3) is 65.2 Å². The first kappa shape index (κ1) is 76.2. The van der Waals surface area contributed by atoms with Crippen molar-refractivity contribution in [2.75, 3.05) is 13.2 Å². The average Bonchev–Trinajstić information content (AvgIpc) is 1.67. The van der Waals surface area contributed by atoms with Crippen LogP contribution in [-0.2, 0) is 13.1 Å². The molecule has 11 rings (SSSR count). The number of ketones is 4. The summed E-state index contributed by atoms with van der Waals surface area (Å²) in [5.41, 5.74) is 8.00. The Morgan fingerprint density at radius 2 is 0.886 bits per heavy atom. The Hall–Kier alpha value is -9.96. The third-order valence-corrected chi connectivity index (χ3v) is 20.7. The van der Waals surface area contributed by atoms with E-state index in [4.69, 9.17) is 9.47 Å². The largest absolute Gasteiger partial charge is 0.486 e.